The first-order valence-electron chi connectivity index (χ1n) is 7.52. The summed E-state index contributed by atoms with van der Waals surface area (Å²) in [6, 6.07) is 7.33. The van der Waals surface area contributed by atoms with Crippen molar-refractivity contribution in [1.82, 2.24) is 20.2 Å². The molecule has 3 rings (SSSR count). The van der Waals surface area contributed by atoms with Crippen molar-refractivity contribution in [3.63, 3.8) is 0 Å². The van der Waals surface area contributed by atoms with Crippen LogP contribution in [0.15, 0.2) is 39.7 Å². The highest BCUT2D eigenvalue weighted by Gasteiger charge is 2.22. The van der Waals surface area contributed by atoms with Crippen LogP contribution < -0.4 is 0 Å². The number of methoxy groups -OCH3 is 1. The number of carbonyl (C=O) groups is 1. The van der Waals surface area contributed by atoms with E-state index in [0.717, 1.165) is 17.3 Å². The van der Waals surface area contributed by atoms with E-state index in [1.807, 2.05) is 30.5 Å². The predicted molar refractivity (Wildman–Crippen MR) is 99.9 cm³/mol. The van der Waals surface area contributed by atoms with Gasteiger partial charge in [-0.25, -0.2) is 9.78 Å². The van der Waals surface area contributed by atoms with E-state index < -0.39 is 5.97 Å². The van der Waals surface area contributed by atoms with Crippen LogP contribution in [0.1, 0.15) is 11.7 Å². The van der Waals surface area contributed by atoms with E-state index >= 15 is 0 Å². The van der Waals surface area contributed by atoms with Crippen molar-refractivity contribution in [2.75, 3.05) is 19.1 Å². The van der Waals surface area contributed by atoms with E-state index in [2.05, 4.69) is 20.2 Å². The van der Waals surface area contributed by atoms with Gasteiger partial charge in [-0.3, -0.25) is 0 Å². The fourth-order valence-corrected chi connectivity index (χ4v) is 3.23. The smallest absolute Gasteiger partial charge is 0.345 e. The number of hydrogen-bond acceptors (Lipinski definition) is 9. The molecule has 0 unspecified atom stereocenters. The second kappa shape index (κ2) is 8.28. The first-order valence-corrected chi connectivity index (χ1v) is 9.90. The highest BCUT2D eigenvalue weighted by Crippen LogP contribution is 2.25. The summed E-state index contributed by atoms with van der Waals surface area (Å²) in [5, 5.41) is 18.6. The number of hydrogen-bond donors (Lipinski definition) is 2. The summed E-state index contributed by atoms with van der Waals surface area (Å²) in [5.41, 5.74) is 1.41. The Morgan fingerprint density at radius 1 is 1.35 bits per heavy atom. The molecule has 26 heavy (non-hydrogen) atoms. The number of thioether (sulfide) groups is 2. The molecule has 0 fully saturated rings. The lowest BCUT2D eigenvalue weighted by Gasteiger charge is -2.06. The van der Waals surface area contributed by atoms with Crippen LogP contribution in [-0.4, -0.2) is 50.4 Å². The van der Waals surface area contributed by atoms with Gasteiger partial charge in [0.15, 0.2) is 0 Å². The Bertz CT molecular complexity index is 918. The zero-order chi connectivity index (χ0) is 18.5. The Kier molecular flexibility index (Phi) is 5.84. The number of rotatable bonds is 7. The summed E-state index contributed by atoms with van der Waals surface area (Å²) in [4.78, 5) is 19.5. The lowest BCUT2D eigenvalue weighted by molar-refractivity contribution is -0.133. The average molecular weight is 392 g/mol. The second-order valence-electron chi connectivity index (χ2n) is 5.10. The molecule has 2 heterocycles. The number of imidazole rings is 1. The molecule has 8 nitrogen and oxygen atoms in total. The maximum atomic E-state index is 12.2. The van der Waals surface area contributed by atoms with E-state index in [0.29, 0.717) is 22.4 Å². The molecule has 0 aliphatic heterocycles. The summed E-state index contributed by atoms with van der Waals surface area (Å²) >= 11 is 2.69. The number of aromatic nitrogens is 4. The molecule has 3 aromatic rings. The maximum Gasteiger partial charge on any atom is 0.345 e. The minimum absolute atomic E-state index is 0.0277. The van der Waals surface area contributed by atoms with Crippen LogP contribution in [0.3, 0.4) is 0 Å². The molecule has 0 saturated carbocycles. The number of aliphatic hydroxyl groups is 1. The van der Waals surface area contributed by atoms with Gasteiger partial charge in [0, 0.05) is 0 Å². The van der Waals surface area contributed by atoms with Crippen molar-refractivity contribution in [2.45, 2.75) is 11.0 Å². The average Bonchev–Trinajstić information content (AvgIpc) is 3.26. The Labute approximate surface area is 157 Å². The van der Waals surface area contributed by atoms with Gasteiger partial charge in [-0.15, -0.1) is 10.2 Å². The van der Waals surface area contributed by atoms with E-state index in [9.17, 15) is 9.90 Å². The Hall–Kier alpha value is -2.46. The topological polar surface area (TPSA) is 114 Å². The molecular formula is C16H16N4O4S2. The number of para-hydroxylation sites is 2. The summed E-state index contributed by atoms with van der Waals surface area (Å²) in [6.07, 6.45) is 1.93. The van der Waals surface area contributed by atoms with Crippen LogP contribution in [0, 0.1) is 0 Å². The van der Waals surface area contributed by atoms with Crippen molar-refractivity contribution in [3.05, 3.63) is 41.7 Å². The lowest BCUT2D eigenvalue weighted by Crippen LogP contribution is -2.09. The molecule has 0 atom stereocenters. The number of aromatic amines is 1. The molecular weight excluding hydrogens is 376 g/mol. The molecule has 0 aliphatic carbocycles. The van der Waals surface area contributed by atoms with Crippen molar-refractivity contribution in [2.24, 2.45) is 0 Å². The third-order valence-electron chi connectivity index (χ3n) is 3.35. The van der Waals surface area contributed by atoms with Gasteiger partial charge in [0.1, 0.15) is 17.2 Å². The van der Waals surface area contributed by atoms with Gasteiger partial charge >= 0.3 is 5.97 Å². The van der Waals surface area contributed by atoms with E-state index in [4.69, 9.17) is 9.15 Å². The maximum absolute atomic E-state index is 12.2. The summed E-state index contributed by atoms with van der Waals surface area (Å²) in [5.74, 6) is 0.546. The molecule has 10 heteroatoms. The van der Waals surface area contributed by atoms with Gasteiger partial charge < -0.3 is 19.2 Å². The van der Waals surface area contributed by atoms with Gasteiger partial charge in [0.2, 0.25) is 5.89 Å². The standard InChI is InChI=1S/C16H16N4O4S2/c1-23-15(22)13(14-17-9-5-3-4-6-10(9)18-14)11(21)7-26-16-20-19-12(24-16)8-25-2/h3-6,21H,7-8H2,1-2H3,(H,17,18). The predicted octanol–water partition coefficient (Wildman–Crippen LogP) is 3.04. The molecule has 2 aromatic heterocycles. The number of benzene rings is 1. The summed E-state index contributed by atoms with van der Waals surface area (Å²) in [6.45, 7) is 0. The first kappa shape index (κ1) is 18.3. The number of H-pyrrole nitrogens is 1. The van der Waals surface area contributed by atoms with Gasteiger partial charge in [0.05, 0.1) is 29.6 Å². The van der Waals surface area contributed by atoms with Crippen LogP contribution in [-0.2, 0) is 15.3 Å². The van der Waals surface area contributed by atoms with Crippen LogP contribution in [0.5, 0.6) is 0 Å². The monoisotopic (exact) mass is 392 g/mol. The first-order chi connectivity index (χ1) is 12.6. The van der Waals surface area contributed by atoms with Crippen molar-refractivity contribution in [1.29, 1.82) is 0 Å². The molecule has 0 radical (unpaired) electrons. The van der Waals surface area contributed by atoms with E-state index in [1.165, 1.54) is 7.11 Å². The molecule has 0 amide bonds. The van der Waals surface area contributed by atoms with E-state index in [1.54, 1.807) is 11.8 Å². The van der Waals surface area contributed by atoms with Crippen LogP contribution in [0.4, 0.5) is 0 Å². The van der Waals surface area contributed by atoms with Crippen LogP contribution in [0.2, 0.25) is 0 Å². The van der Waals surface area contributed by atoms with Gasteiger partial charge in [-0.05, 0) is 18.4 Å². The Morgan fingerprint density at radius 2 is 2.15 bits per heavy atom. The van der Waals surface area contributed by atoms with Gasteiger partial charge in [-0.2, -0.15) is 11.8 Å². The molecule has 0 saturated heterocycles. The summed E-state index contributed by atoms with van der Waals surface area (Å²) in [7, 11) is 1.25. The van der Waals surface area contributed by atoms with Crippen LogP contribution in [0.25, 0.3) is 16.6 Å². The van der Waals surface area contributed by atoms with Crippen molar-refractivity contribution >= 4 is 46.1 Å². The number of nitrogens with one attached hydrogen (secondary N) is 1. The molecule has 0 spiro atoms. The normalized spacial score (nSPS) is 12.2. The largest absolute Gasteiger partial charge is 0.510 e. The number of nitrogens with zero attached hydrogens (tertiary/aromatic N) is 3. The number of ether oxygens (including phenoxy) is 1. The molecule has 1 aromatic carbocycles. The fraction of sp³-hybridized carbons (Fsp3) is 0.250. The van der Waals surface area contributed by atoms with E-state index in [-0.39, 0.29) is 22.9 Å². The van der Waals surface area contributed by atoms with Crippen molar-refractivity contribution < 1.29 is 19.1 Å². The molecule has 0 bridgehead atoms. The third kappa shape index (κ3) is 4.02. The summed E-state index contributed by atoms with van der Waals surface area (Å²) < 4.78 is 10.2. The lowest BCUT2D eigenvalue weighted by atomic mass is 10.2. The highest BCUT2D eigenvalue weighted by molar-refractivity contribution is 7.99. The highest BCUT2D eigenvalue weighted by atomic mass is 32.2. The number of carbonyl (C=O) groups excluding carboxylic acids is 1. The number of aliphatic hydroxyl groups excluding tert-OH is 1. The van der Waals surface area contributed by atoms with Crippen molar-refractivity contribution in [3.8, 4) is 0 Å². The SMILES string of the molecule is COC(=O)C(=C(O)CSc1nnc(CSC)o1)c1nc2ccccc2[nH]1. The zero-order valence-electron chi connectivity index (χ0n) is 14.1. The minimum atomic E-state index is -0.684. The Balaban J connectivity index is 1.85. The quantitative estimate of drug-likeness (QED) is 0.271. The molecule has 2 N–H and O–H groups in total. The number of esters is 1. The van der Waals surface area contributed by atoms with Gasteiger partial charge in [0.25, 0.3) is 5.22 Å². The molecule has 0 aliphatic rings. The minimum Gasteiger partial charge on any atom is -0.510 e. The Morgan fingerprint density at radius 3 is 2.88 bits per heavy atom. The fourth-order valence-electron chi connectivity index (χ4n) is 2.21. The van der Waals surface area contributed by atoms with Crippen LogP contribution >= 0.6 is 23.5 Å². The number of fused-ring (bicyclic) bond motifs is 1. The third-order valence-corrected chi connectivity index (χ3v) is 4.72. The second-order valence-corrected chi connectivity index (χ2v) is 6.89. The molecule has 136 valence electrons. The van der Waals surface area contributed by atoms with Gasteiger partial charge in [-0.1, -0.05) is 23.9 Å². The zero-order valence-corrected chi connectivity index (χ0v) is 15.7.